The van der Waals surface area contributed by atoms with Crippen molar-refractivity contribution in [3.63, 3.8) is 0 Å². The van der Waals surface area contributed by atoms with Crippen LogP contribution in [-0.2, 0) is 28.9 Å². The molecule has 1 aliphatic rings. The van der Waals surface area contributed by atoms with Crippen LogP contribution in [0.2, 0.25) is 0 Å². The number of rotatable bonds is 8. The maximum absolute atomic E-state index is 11.5. The molecule has 6 nitrogen and oxygen atoms in total. The fraction of sp³-hybridized carbons (Fsp3) is 0.241. The summed E-state index contributed by atoms with van der Waals surface area (Å²) >= 11 is 0. The Labute approximate surface area is 204 Å². The molecule has 6 heteroatoms. The van der Waals surface area contributed by atoms with Crippen molar-refractivity contribution < 1.29 is 9.53 Å². The van der Waals surface area contributed by atoms with Crippen LogP contribution in [0.5, 0.6) is 0 Å². The highest BCUT2D eigenvalue weighted by Crippen LogP contribution is 2.37. The number of ether oxygens (including phenoxy) is 1. The normalized spacial score (nSPS) is 15.1. The van der Waals surface area contributed by atoms with Crippen LogP contribution in [-0.4, -0.2) is 34.5 Å². The van der Waals surface area contributed by atoms with Gasteiger partial charge < -0.3 is 14.7 Å². The van der Waals surface area contributed by atoms with Crippen LogP contribution in [0.15, 0.2) is 67.0 Å². The summed E-state index contributed by atoms with van der Waals surface area (Å²) in [7, 11) is 1.38. The number of H-pyrrole nitrogens is 2. The van der Waals surface area contributed by atoms with Crippen LogP contribution in [0, 0.1) is 11.3 Å². The smallest absolute Gasteiger partial charge is 0.330 e. The van der Waals surface area contributed by atoms with Gasteiger partial charge in [0.15, 0.2) is 0 Å². The number of hydrogen-bond donors (Lipinski definition) is 2. The maximum atomic E-state index is 11.5. The number of aromatic amines is 2. The topological polar surface area (TPSA) is 84.9 Å². The molecule has 0 amide bonds. The Morgan fingerprint density at radius 2 is 2.09 bits per heavy atom. The molecule has 1 unspecified atom stereocenters. The predicted octanol–water partition coefficient (Wildman–Crippen LogP) is 5.29. The van der Waals surface area contributed by atoms with E-state index >= 15 is 0 Å². The molecule has 0 spiro atoms. The standard InChI is InChI=1S/C29H28N4O2/c1-35-29(34)11-7-20-6-9-26-22(14-20)8-10-28(26)33(19-24-15-21(16-30)17-31-24)13-12-23-18-32-27-5-3-2-4-25(23)27/h2-7,9,11,14-15,17-18,28,31-32H,8,10,12-13,19H2,1H3/b11-7+. The largest absolute Gasteiger partial charge is 0.466 e. The summed E-state index contributed by atoms with van der Waals surface area (Å²) in [5, 5.41) is 10.5. The van der Waals surface area contributed by atoms with Crippen LogP contribution in [0.1, 0.15) is 46.0 Å². The highest BCUT2D eigenvalue weighted by atomic mass is 16.5. The van der Waals surface area contributed by atoms with Crippen molar-refractivity contribution in [3.8, 4) is 6.07 Å². The summed E-state index contributed by atoms with van der Waals surface area (Å²) in [4.78, 5) is 20.6. The molecular weight excluding hydrogens is 436 g/mol. The van der Waals surface area contributed by atoms with E-state index in [4.69, 9.17) is 4.74 Å². The number of para-hydroxylation sites is 1. The fourth-order valence-electron chi connectivity index (χ4n) is 5.09. The van der Waals surface area contributed by atoms with Gasteiger partial charge in [0.05, 0.1) is 12.7 Å². The summed E-state index contributed by atoms with van der Waals surface area (Å²) < 4.78 is 4.71. The Morgan fingerprint density at radius 3 is 2.91 bits per heavy atom. The van der Waals surface area contributed by atoms with Crippen LogP contribution >= 0.6 is 0 Å². The third-order valence-electron chi connectivity index (χ3n) is 6.86. The Bertz CT molecular complexity index is 1420. The monoisotopic (exact) mass is 464 g/mol. The van der Waals surface area contributed by atoms with Crippen LogP contribution < -0.4 is 0 Å². The number of aryl methyl sites for hydroxylation is 1. The number of benzene rings is 2. The van der Waals surface area contributed by atoms with Crippen LogP contribution in [0.4, 0.5) is 0 Å². The van der Waals surface area contributed by atoms with E-state index in [0.29, 0.717) is 11.6 Å². The second-order valence-electron chi connectivity index (χ2n) is 8.97. The molecule has 0 radical (unpaired) electrons. The van der Waals surface area contributed by atoms with Crippen molar-refractivity contribution in [2.45, 2.75) is 31.8 Å². The number of aromatic nitrogens is 2. The molecule has 0 fully saturated rings. The van der Waals surface area contributed by atoms with E-state index in [9.17, 15) is 10.1 Å². The Balaban J connectivity index is 1.39. The van der Waals surface area contributed by atoms with Gasteiger partial charge in [-0.2, -0.15) is 5.26 Å². The second kappa shape index (κ2) is 10.0. The number of nitrogens with one attached hydrogen (secondary N) is 2. The average molecular weight is 465 g/mol. The van der Waals surface area contributed by atoms with Crippen LogP contribution in [0.25, 0.3) is 17.0 Å². The minimum absolute atomic E-state index is 0.294. The fourth-order valence-corrected chi connectivity index (χ4v) is 5.09. The first-order valence-corrected chi connectivity index (χ1v) is 11.9. The lowest BCUT2D eigenvalue weighted by molar-refractivity contribution is -0.134. The van der Waals surface area contributed by atoms with Gasteiger partial charge >= 0.3 is 5.97 Å². The molecular formula is C29H28N4O2. The zero-order valence-electron chi connectivity index (χ0n) is 19.8. The van der Waals surface area contributed by atoms with E-state index < -0.39 is 0 Å². The van der Waals surface area contributed by atoms with E-state index in [1.54, 1.807) is 12.3 Å². The third-order valence-corrected chi connectivity index (χ3v) is 6.86. The van der Waals surface area contributed by atoms with Gasteiger partial charge in [-0.05, 0) is 59.7 Å². The number of methoxy groups -OCH3 is 1. The minimum Gasteiger partial charge on any atom is -0.466 e. The number of nitrogens with zero attached hydrogens (tertiary/aromatic N) is 2. The summed E-state index contributed by atoms with van der Waals surface area (Å²) in [5.41, 5.74) is 7.85. The van der Waals surface area contributed by atoms with Crippen molar-refractivity contribution in [2.75, 3.05) is 13.7 Å². The van der Waals surface area contributed by atoms with Gasteiger partial charge in [0.25, 0.3) is 0 Å². The first-order valence-electron chi connectivity index (χ1n) is 11.9. The summed E-state index contributed by atoms with van der Waals surface area (Å²) in [5.74, 6) is -0.352. The number of esters is 1. The SMILES string of the molecule is COC(=O)/C=C/c1ccc2c(c1)CCC2N(CCc1c[nH]c2ccccc12)Cc1cc(C#N)c[nH]1. The van der Waals surface area contributed by atoms with Gasteiger partial charge in [0, 0.05) is 54.2 Å². The van der Waals surface area contributed by atoms with E-state index in [1.807, 2.05) is 6.07 Å². The van der Waals surface area contributed by atoms with Gasteiger partial charge in [-0.15, -0.1) is 0 Å². The maximum Gasteiger partial charge on any atom is 0.330 e. The molecule has 1 aliphatic carbocycles. The van der Waals surface area contributed by atoms with E-state index in [1.165, 1.54) is 35.3 Å². The molecule has 2 N–H and O–H groups in total. The van der Waals surface area contributed by atoms with Crippen molar-refractivity contribution in [2.24, 2.45) is 0 Å². The molecule has 2 aromatic heterocycles. The lowest BCUT2D eigenvalue weighted by Crippen LogP contribution is -2.29. The Kier molecular flexibility index (Phi) is 6.51. The molecule has 2 aromatic carbocycles. The molecule has 1 atom stereocenters. The van der Waals surface area contributed by atoms with Gasteiger partial charge in [-0.1, -0.05) is 36.4 Å². The van der Waals surface area contributed by atoms with E-state index in [0.717, 1.165) is 49.1 Å². The molecule has 5 rings (SSSR count). The molecule has 0 aliphatic heterocycles. The van der Waals surface area contributed by atoms with Gasteiger partial charge in [0.1, 0.15) is 6.07 Å². The van der Waals surface area contributed by atoms with Crippen molar-refractivity contribution in [3.05, 3.63) is 101 Å². The molecule has 176 valence electrons. The molecule has 2 heterocycles. The van der Waals surface area contributed by atoms with Crippen molar-refractivity contribution >= 4 is 22.9 Å². The number of fused-ring (bicyclic) bond motifs is 2. The number of nitriles is 1. The molecule has 4 aromatic rings. The second-order valence-corrected chi connectivity index (χ2v) is 8.97. The first kappa shape index (κ1) is 22.7. The lowest BCUT2D eigenvalue weighted by Gasteiger charge is -2.29. The van der Waals surface area contributed by atoms with Gasteiger partial charge in [-0.3, -0.25) is 4.90 Å². The highest BCUT2D eigenvalue weighted by Gasteiger charge is 2.28. The predicted molar refractivity (Wildman–Crippen MR) is 136 cm³/mol. The third kappa shape index (κ3) is 4.91. The summed E-state index contributed by atoms with van der Waals surface area (Å²) in [6.07, 6.45) is 10.1. The molecule has 0 saturated carbocycles. The number of carbonyl (C=O) groups excluding carboxylic acids is 1. The van der Waals surface area contributed by atoms with Crippen LogP contribution in [0.3, 0.4) is 0 Å². The summed E-state index contributed by atoms with van der Waals surface area (Å²) in [6, 6.07) is 19.3. The van der Waals surface area contributed by atoms with Crippen molar-refractivity contribution in [1.82, 2.24) is 14.9 Å². The highest BCUT2D eigenvalue weighted by molar-refractivity contribution is 5.87. The first-order chi connectivity index (χ1) is 17.1. The molecule has 0 saturated heterocycles. The zero-order valence-corrected chi connectivity index (χ0v) is 19.8. The number of hydrogen-bond acceptors (Lipinski definition) is 4. The number of carbonyl (C=O) groups is 1. The van der Waals surface area contributed by atoms with E-state index in [-0.39, 0.29) is 5.97 Å². The molecule has 0 bridgehead atoms. The van der Waals surface area contributed by atoms with Gasteiger partial charge in [0.2, 0.25) is 0 Å². The van der Waals surface area contributed by atoms with Crippen molar-refractivity contribution in [1.29, 1.82) is 5.26 Å². The lowest BCUT2D eigenvalue weighted by atomic mass is 10.0. The Hall–Kier alpha value is -4.08. The van der Waals surface area contributed by atoms with E-state index in [2.05, 4.69) is 69.6 Å². The minimum atomic E-state index is -0.352. The summed E-state index contributed by atoms with van der Waals surface area (Å²) in [6.45, 7) is 1.65. The molecule has 35 heavy (non-hydrogen) atoms. The average Bonchev–Trinajstić information content (AvgIpc) is 3.63. The zero-order chi connectivity index (χ0) is 24.2. The van der Waals surface area contributed by atoms with Gasteiger partial charge in [-0.25, -0.2) is 4.79 Å². The quantitative estimate of drug-likeness (QED) is 0.274. The Morgan fingerprint density at radius 1 is 1.20 bits per heavy atom.